The number of hydrogen-bond acceptors (Lipinski definition) is 5. The Morgan fingerprint density at radius 2 is 2.14 bits per heavy atom. The number of amides is 1. The van der Waals surface area contributed by atoms with E-state index in [2.05, 4.69) is 15.4 Å². The molecule has 3 aromatic heterocycles. The quantitative estimate of drug-likeness (QED) is 0.615. The number of aryl methyl sites for hydroxylation is 2. The number of rotatable bonds is 6. The number of fused-ring (bicyclic) bond motifs is 1. The van der Waals surface area contributed by atoms with Gasteiger partial charge in [0.1, 0.15) is 11.4 Å². The minimum atomic E-state index is -0.421. The number of thiophene rings is 1. The lowest BCUT2D eigenvalue weighted by Crippen LogP contribution is -2.32. The zero-order chi connectivity index (χ0) is 19.5. The van der Waals surface area contributed by atoms with E-state index in [-0.39, 0.29) is 11.3 Å². The normalized spacial score (nSPS) is 13.3. The van der Waals surface area contributed by atoms with Crippen LogP contribution in [0, 0.1) is 0 Å². The van der Waals surface area contributed by atoms with Crippen molar-refractivity contribution in [1.82, 2.24) is 24.6 Å². The Balaban J connectivity index is 1.33. The molecule has 2 N–H and O–H groups in total. The summed E-state index contributed by atoms with van der Waals surface area (Å²) in [5.41, 5.74) is 0.276. The lowest BCUT2D eigenvalue weighted by molar-refractivity contribution is 0.0951. The van der Waals surface area contributed by atoms with Crippen molar-refractivity contribution >= 4 is 17.2 Å². The Morgan fingerprint density at radius 3 is 2.89 bits per heavy atom. The largest absolute Gasteiger partial charge is 0.352 e. The van der Waals surface area contributed by atoms with Crippen molar-refractivity contribution in [3.8, 4) is 10.6 Å². The zero-order valence-electron chi connectivity index (χ0n) is 15.3. The van der Waals surface area contributed by atoms with E-state index < -0.39 is 11.5 Å². The van der Waals surface area contributed by atoms with Crippen molar-refractivity contribution in [3.63, 3.8) is 0 Å². The second-order valence-electron chi connectivity index (χ2n) is 6.73. The van der Waals surface area contributed by atoms with Gasteiger partial charge in [-0.15, -0.1) is 11.3 Å². The summed E-state index contributed by atoms with van der Waals surface area (Å²) in [6.45, 7) is 1.53. The predicted octanol–water partition coefficient (Wildman–Crippen LogP) is 1.62. The minimum Gasteiger partial charge on any atom is -0.352 e. The highest BCUT2D eigenvalue weighted by Crippen LogP contribution is 2.21. The summed E-state index contributed by atoms with van der Waals surface area (Å²) in [5.74, 6) is 0.424. The molecular weight excluding hydrogens is 378 g/mol. The molecule has 0 aliphatic carbocycles. The summed E-state index contributed by atoms with van der Waals surface area (Å²) in [6.07, 6.45) is 3.47. The second kappa shape index (κ2) is 7.97. The monoisotopic (exact) mass is 399 g/mol. The number of carbonyl (C=O) groups excluding carboxylic acids is 1. The maximum absolute atomic E-state index is 12.3. The standard InChI is InChI=1S/C19H21N5O3S/c25-17(13-7-8-14(21-18(13)26)15-5-3-12-28-15)20-9-4-11-24-19(27)23-10-2-1-6-16(23)22-24/h3,5,7-8,12H,1-2,4,6,9-11H2,(H,20,25)(H,21,26). The van der Waals surface area contributed by atoms with E-state index in [1.165, 1.54) is 22.1 Å². The highest BCUT2D eigenvalue weighted by molar-refractivity contribution is 7.13. The molecule has 0 bridgehead atoms. The molecule has 4 rings (SSSR count). The van der Waals surface area contributed by atoms with Gasteiger partial charge in [0.2, 0.25) is 0 Å². The van der Waals surface area contributed by atoms with Gasteiger partial charge < -0.3 is 10.3 Å². The van der Waals surface area contributed by atoms with Crippen molar-refractivity contribution in [2.45, 2.75) is 38.8 Å². The molecule has 3 aromatic rings. The first-order valence-electron chi connectivity index (χ1n) is 9.35. The lowest BCUT2D eigenvalue weighted by Gasteiger charge is -2.09. The number of pyridine rings is 1. The molecule has 0 fully saturated rings. The minimum absolute atomic E-state index is 0.0786. The molecule has 146 valence electrons. The number of H-pyrrole nitrogens is 1. The van der Waals surface area contributed by atoms with Gasteiger partial charge >= 0.3 is 5.69 Å². The van der Waals surface area contributed by atoms with Crippen LogP contribution in [0.15, 0.2) is 39.2 Å². The van der Waals surface area contributed by atoms with Crippen LogP contribution in [-0.2, 0) is 19.5 Å². The first-order valence-corrected chi connectivity index (χ1v) is 10.2. The average molecular weight is 399 g/mol. The number of carbonyl (C=O) groups is 1. The molecular formula is C19H21N5O3S. The summed E-state index contributed by atoms with van der Waals surface area (Å²) in [5, 5.41) is 9.04. The van der Waals surface area contributed by atoms with E-state index in [1.807, 2.05) is 17.5 Å². The zero-order valence-corrected chi connectivity index (χ0v) is 16.1. The van der Waals surface area contributed by atoms with E-state index >= 15 is 0 Å². The predicted molar refractivity (Wildman–Crippen MR) is 107 cm³/mol. The Morgan fingerprint density at radius 1 is 1.25 bits per heavy atom. The molecule has 1 amide bonds. The molecule has 0 radical (unpaired) electrons. The first-order chi connectivity index (χ1) is 13.6. The van der Waals surface area contributed by atoms with Gasteiger partial charge in [0, 0.05) is 26.1 Å². The van der Waals surface area contributed by atoms with Gasteiger partial charge in [-0.2, -0.15) is 5.10 Å². The third kappa shape index (κ3) is 3.70. The Labute approximate surface area is 164 Å². The summed E-state index contributed by atoms with van der Waals surface area (Å²) in [4.78, 5) is 40.5. The van der Waals surface area contributed by atoms with E-state index in [0.29, 0.717) is 25.2 Å². The average Bonchev–Trinajstić information content (AvgIpc) is 3.34. The molecule has 0 aromatic carbocycles. The van der Waals surface area contributed by atoms with Gasteiger partial charge in [-0.3, -0.25) is 14.2 Å². The topological polar surface area (TPSA) is 102 Å². The molecule has 1 aliphatic rings. The second-order valence-corrected chi connectivity index (χ2v) is 7.68. The molecule has 1 aliphatic heterocycles. The molecule has 8 nitrogen and oxygen atoms in total. The van der Waals surface area contributed by atoms with Crippen LogP contribution in [0.1, 0.15) is 35.4 Å². The summed E-state index contributed by atoms with van der Waals surface area (Å²) < 4.78 is 3.20. The molecule has 0 saturated carbocycles. The lowest BCUT2D eigenvalue weighted by atomic mass is 10.2. The number of nitrogens with one attached hydrogen (secondary N) is 2. The van der Waals surface area contributed by atoms with Crippen LogP contribution >= 0.6 is 11.3 Å². The maximum Gasteiger partial charge on any atom is 0.345 e. The molecule has 0 atom stereocenters. The van der Waals surface area contributed by atoms with Crippen LogP contribution in [0.4, 0.5) is 0 Å². The number of nitrogens with zero attached hydrogens (tertiary/aromatic N) is 3. The van der Waals surface area contributed by atoms with Gasteiger partial charge in [0.15, 0.2) is 0 Å². The third-order valence-corrected chi connectivity index (χ3v) is 5.71. The van der Waals surface area contributed by atoms with Crippen LogP contribution in [0.5, 0.6) is 0 Å². The number of hydrogen-bond donors (Lipinski definition) is 2. The molecule has 28 heavy (non-hydrogen) atoms. The summed E-state index contributed by atoms with van der Waals surface area (Å²) in [6, 6.07) is 7.08. The van der Waals surface area contributed by atoms with E-state index in [4.69, 9.17) is 0 Å². The maximum atomic E-state index is 12.3. The molecule has 0 spiro atoms. The van der Waals surface area contributed by atoms with Crippen LogP contribution in [-0.4, -0.2) is 31.8 Å². The van der Waals surface area contributed by atoms with Crippen molar-refractivity contribution in [3.05, 3.63) is 61.9 Å². The molecule has 9 heteroatoms. The molecule has 4 heterocycles. The van der Waals surface area contributed by atoms with Crippen LogP contribution in [0.2, 0.25) is 0 Å². The fourth-order valence-corrected chi connectivity index (χ4v) is 4.06. The van der Waals surface area contributed by atoms with Gasteiger partial charge in [-0.25, -0.2) is 9.48 Å². The van der Waals surface area contributed by atoms with Crippen molar-refractivity contribution < 1.29 is 4.79 Å². The van der Waals surface area contributed by atoms with Crippen molar-refractivity contribution in [2.75, 3.05) is 6.54 Å². The van der Waals surface area contributed by atoms with Gasteiger partial charge in [-0.05, 0) is 42.8 Å². The molecule has 0 saturated heterocycles. The van der Waals surface area contributed by atoms with Gasteiger partial charge in [0.05, 0.1) is 10.6 Å². The fourth-order valence-electron chi connectivity index (χ4n) is 3.35. The summed E-state index contributed by atoms with van der Waals surface area (Å²) in [7, 11) is 0. The number of aromatic amines is 1. The highest BCUT2D eigenvalue weighted by Gasteiger charge is 2.16. The Hall–Kier alpha value is -2.94. The van der Waals surface area contributed by atoms with E-state index in [1.54, 1.807) is 10.6 Å². The fraction of sp³-hybridized carbons (Fsp3) is 0.368. The Bertz CT molecular complexity index is 1090. The smallest absolute Gasteiger partial charge is 0.345 e. The summed E-state index contributed by atoms with van der Waals surface area (Å²) >= 11 is 1.52. The van der Waals surface area contributed by atoms with E-state index in [9.17, 15) is 14.4 Å². The van der Waals surface area contributed by atoms with Gasteiger partial charge in [-0.1, -0.05) is 6.07 Å². The van der Waals surface area contributed by atoms with Crippen molar-refractivity contribution in [1.29, 1.82) is 0 Å². The van der Waals surface area contributed by atoms with Crippen molar-refractivity contribution in [2.24, 2.45) is 0 Å². The van der Waals surface area contributed by atoms with Crippen LogP contribution in [0.25, 0.3) is 10.6 Å². The highest BCUT2D eigenvalue weighted by atomic mass is 32.1. The Kier molecular flexibility index (Phi) is 5.25. The van der Waals surface area contributed by atoms with Crippen LogP contribution < -0.4 is 16.6 Å². The van der Waals surface area contributed by atoms with E-state index in [0.717, 1.165) is 36.5 Å². The van der Waals surface area contributed by atoms with Crippen LogP contribution in [0.3, 0.4) is 0 Å². The first kappa shape index (κ1) is 18.4. The SMILES string of the molecule is O=C(NCCCn1nc2n(c1=O)CCCC2)c1ccc(-c2cccs2)[nH]c1=O. The third-order valence-electron chi connectivity index (χ3n) is 4.80. The molecule has 0 unspecified atom stereocenters. The number of aromatic nitrogens is 4. The van der Waals surface area contributed by atoms with Gasteiger partial charge in [0.25, 0.3) is 11.5 Å².